The Morgan fingerprint density at radius 2 is 1.34 bits per heavy atom. The van der Waals surface area contributed by atoms with Gasteiger partial charge in [0.1, 0.15) is 5.75 Å². The lowest BCUT2D eigenvalue weighted by Gasteiger charge is -2.18. The van der Waals surface area contributed by atoms with Crippen LogP contribution in [0.15, 0.2) is 84.9 Å². The first-order valence-electron chi connectivity index (χ1n) is 9.58. The Balaban J connectivity index is 1.62. The van der Waals surface area contributed by atoms with Crippen molar-refractivity contribution in [2.45, 2.75) is 19.3 Å². The molecule has 0 heterocycles. The highest BCUT2D eigenvalue weighted by atomic mass is 16.5. The lowest BCUT2D eigenvalue weighted by molar-refractivity contribution is -0.130. The van der Waals surface area contributed by atoms with E-state index in [9.17, 15) is 9.59 Å². The van der Waals surface area contributed by atoms with Gasteiger partial charge in [0.25, 0.3) is 5.91 Å². The second-order valence-corrected chi connectivity index (χ2v) is 6.54. The number of hydrogen-bond donors (Lipinski definition) is 2. The van der Waals surface area contributed by atoms with Crippen molar-refractivity contribution >= 4 is 11.8 Å². The monoisotopic (exact) mass is 388 g/mol. The number of hydrazine groups is 1. The number of aryl methyl sites for hydroxylation is 1. The van der Waals surface area contributed by atoms with Crippen LogP contribution in [0.1, 0.15) is 29.5 Å². The molecule has 0 aliphatic rings. The van der Waals surface area contributed by atoms with Crippen LogP contribution in [-0.4, -0.2) is 18.4 Å². The van der Waals surface area contributed by atoms with Gasteiger partial charge in [-0.05, 0) is 29.2 Å². The number of carbonyl (C=O) groups excluding carboxylic acids is 2. The Morgan fingerprint density at radius 3 is 1.93 bits per heavy atom. The molecule has 2 N–H and O–H groups in total. The maximum atomic E-state index is 12.9. The van der Waals surface area contributed by atoms with E-state index in [2.05, 4.69) is 10.9 Å². The second kappa shape index (κ2) is 10.1. The van der Waals surface area contributed by atoms with Gasteiger partial charge in [-0.3, -0.25) is 20.4 Å². The molecule has 29 heavy (non-hydrogen) atoms. The summed E-state index contributed by atoms with van der Waals surface area (Å²) < 4.78 is 5.59. The lowest BCUT2D eigenvalue weighted by atomic mass is 9.91. The van der Waals surface area contributed by atoms with Crippen molar-refractivity contribution in [3.63, 3.8) is 0 Å². The van der Waals surface area contributed by atoms with Crippen LogP contribution >= 0.6 is 0 Å². The Labute approximate surface area is 170 Å². The topological polar surface area (TPSA) is 67.4 Å². The Kier molecular flexibility index (Phi) is 7.00. The average Bonchev–Trinajstić information content (AvgIpc) is 2.78. The van der Waals surface area contributed by atoms with Crippen molar-refractivity contribution in [2.75, 3.05) is 6.61 Å². The van der Waals surface area contributed by atoms with E-state index in [1.165, 1.54) is 0 Å². The summed E-state index contributed by atoms with van der Waals surface area (Å²) in [4.78, 5) is 25.0. The normalized spacial score (nSPS) is 10.4. The third-order valence-electron chi connectivity index (χ3n) is 4.57. The fourth-order valence-electron chi connectivity index (χ4n) is 3.11. The van der Waals surface area contributed by atoms with E-state index in [1.807, 2.05) is 91.9 Å². The molecular weight excluding hydrogens is 364 g/mol. The highest BCUT2D eigenvalue weighted by molar-refractivity contribution is 5.89. The number of carbonyl (C=O) groups is 2. The van der Waals surface area contributed by atoms with Crippen molar-refractivity contribution in [1.82, 2.24) is 10.9 Å². The van der Waals surface area contributed by atoms with Crippen molar-refractivity contribution < 1.29 is 14.3 Å². The number of rotatable bonds is 7. The molecule has 3 aromatic rings. The fraction of sp³-hybridized carbons (Fsp3) is 0.167. The number of para-hydroxylation sites is 1. The molecule has 0 spiro atoms. The highest BCUT2D eigenvalue weighted by Crippen LogP contribution is 2.24. The van der Waals surface area contributed by atoms with Crippen molar-refractivity contribution in [3.8, 4) is 5.75 Å². The molecule has 5 heteroatoms. The summed E-state index contributed by atoms with van der Waals surface area (Å²) in [7, 11) is 0. The minimum atomic E-state index is -0.528. The largest absolute Gasteiger partial charge is 0.483 e. The third-order valence-corrected chi connectivity index (χ3v) is 4.57. The van der Waals surface area contributed by atoms with E-state index < -0.39 is 11.8 Å². The molecule has 0 aliphatic carbocycles. The summed E-state index contributed by atoms with van der Waals surface area (Å²) >= 11 is 0. The van der Waals surface area contributed by atoms with Gasteiger partial charge in [-0.15, -0.1) is 0 Å². The van der Waals surface area contributed by atoms with Crippen LogP contribution in [-0.2, 0) is 16.0 Å². The second-order valence-electron chi connectivity index (χ2n) is 6.54. The number of amides is 2. The van der Waals surface area contributed by atoms with Crippen LogP contribution in [0.2, 0.25) is 0 Å². The summed E-state index contributed by atoms with van der Waals surface area (Å²) in [6.07, 6.45) is 0.810. The zero-order valence-electron chi connectivity index (χ0n) is 16.3. The maximum absolute atomic E-state index is 12.9. The molecular formula is C24H24N2O3. The standard InChI is InChI=1S/C24H24N2O3/c1-2-18-11-9-10-16-21(18)29-17-22(27)25-26-24(28)23(19-12-5-3-6-13-19)20-14-7-4-8-15-20/h3-16,23H,2,17H2,1H3,(H,25,27)(H,26,28). The van der Waals surface area contributed by atoms with E-state index in [0.717, 1.165) is 23.1 Å². The van der Waals surface area contributed by atoms with Crippen LogP contribution in [0.5, 0.6) is 5.75 Å². The molecule has 0 aromatic heterocycles. The molecule has 0 saturated heterocycles. The first-order chi connectivity index (χ1) is 14.2. The molecule has 0 aliphatic heterocycles. The van der Waals surface area contributed by atoms with Crippen LogP contribution < -0.4 is 15.6 Å². The maximum Gasteiger partial charge on any atom is 0.276 e. The van der Waals surface area contributed by atoms with E-state index in [1.54, 1.807) is 0 Å². The minimum Gasteiger partial charge on any atom is -0.483 e. The van der Waals surface area contributed by atoms with Gasteiger partial charge < -0.3 is 4.74 Å². The summed E-state index contributed by atoms with van der Waals surface area (Å²) in [5, 5.41) is 0. The molecule has 2 amide bonds. The molecule has 0 bridgehead atoms. The fourth-order valence-corrected chi connectivity index (χ4v) is 3.11. The number of ether oxygens (including phenoxy) is 1. The molecule has 3 aromatic carbocycles. The molecule has 148 valence electrons. The molecule has 0 fully saturated rings. The third kappa shape index (κ3) is 5.45. The van der Waals surface area contributed by atoms with Crippen molar-refractivity contribution in [3.05, 3.63) is 102 Å². The van der Waals surface area contributed by atoms with Gasteiger partial charge in [-0.1, -0.05) is 85.8 Å². The summed E-state index contributed by atoms with van der Waals surface area (Å²) in [5.74, 6) is -0.601. The van der Waals surface area contributed by atoms with Crippen LogP contribution in [0, 0.1) is 0 Å². The molecule has 3 rings (SSSR count). The molecule has 0 atom stereocenters. The van der Waals surface area contributed by atoms with Gasteiger partial charge in [-0.25, -0.2) is 0 Å². The van der Waals surface area contributed by atoms with Gasteiger partial charge in [0.15, 0.2) is 6.61 Å². The van der Waals surface area contributed by atoms with Crippen LogP contribution in [0.25, 0.3) is 0 Å². The van der Waals surface area contributed by atoms with E-state index >= 15 is 0 Å². The zero-order chi connectivity index (χ0) is 20.5. The summed E-state index contributed by atoms with van der Waals surface area (Å²) in [6.45, 7) is 1.84. The number of hydrogen-bond acceptors (Lipinski definition) is 3. The first-order valence-corrected chi connectivity index (χ1v) is 9.58. The molecule has 0 radical (unpaired) electrons. The van der Waals surface area contributed by atoms with Gasteiger partial charge >= 0.3 is 0 Å². The van der Waals surface area contributed by atoms with Crippen molar-refractivity contribution in [2.24, 2.45) is 0 Å². The summed E-state index contributed by atoms with van der Waals surface area (Å²) in [6, 6.07) is 26.5. The smallest absolute Gasteiger partial charge is 0.276 e. The van der Waals surface area contributed by atoms with Gasteiger partial charge in [0.05, 0.1) is 5.92 Å². The SMILES string of the molecule is CCc1ccccc1OCC(=O)NNC(=O)C(c1ccccc1)c1ccccc1. The quantitative estimate of drug-likeness (QED) is 0.608. The van der Waals surface area contributed by atoms with E-state index in [4.69, 9.17) is 4.74 Å². The first kappa shape index (κ1) is 20.1. The Hall–Kier alpha value is -3.60. The van der Waals surface area contributed by atoms with Crippen LogP contribution in [0.3, 0.4) is 0 Å². The minimum absolute atomic E-state index is 0.182. The van der Waals surface area contributed by atoms with Gasteiger partial charge in [0.2, 0.25) is 5.91 Å². The summed E-state index contributed by atoms with van der Waals surface area (Å²) in [5.41, 5.74) is 7.69. The number of nitrogens with one attached hydrogen (secondary N) is 2. The molecule has 0 unspecified atom stereocenters. The van der Waals surface area contributed by atoms with Gasteiger partial charge in [0, 0.05) is 0 Å². The van der Waals surface area contributed by atoms with Gasteiger partial charge in [-0.2, -0.15) is 0 Å². The lowest BCUT2D eigenvalue weighted by Crippen LogP contribution is -2.46. The average molecular weight is 388 g/mol. The molecule has 5 nitrogen and oxygen atoms in total. The Bertz CT molecular complexity index is 903. The zero-order valence-corrected chi connectivity index (χ0v) is 16.3. The predicted octanol–water partition coefficient (Wildman–Crippen LogP) is 3.61. The Morgan fingerprint density at radius 1 is 0.793 bits per heavy atom. The van der Waals surface area contributed by atoms with Crippen molar-refractivity contribution in [1.29, 1.82) is 0 Å². The van der Waals surface area contributed by atoms with E-state index in [-0.39, 0.29) is 12.5 Å². The highest BCUT2D eigenvalue weighted by Gasteiger charge is 2.22. The number of benzene rings is 3. The van der Waals surface area contributed by atoms with E-state index in [0.29, 0.717) is 5.75 Å². The predicted molar refractivity (Wildman–Crippen MR) is 112 cm³/mol. The molecule has 0 saturated carbocycles. The van der Waals surface area contributed by atoms with Crippen LogP contribution in [0.4, 0.5) is 0 Å².